The molecule has 0 spiro atoms. The van der Waals surface area contributed by atoms with E-state index in [4.69, 9.17) is 5.26 Å². The normalized spacial score (nSPS) is 13.3. The van der Waals surface area contributed by atoms with E-state index in [1.807, 2.05) is 0 Å². The number of benzene rings is 1. The van der Waals surface area contributed by atoms with Crippen LogP contribution in [-0.4, -0.2) is 6.18 Å². The maximum absolute atomic E-state index is 12.5. The highest BCUT2D eigenvalue weighted by Gasteiger charge is 2.32. The van der Waals surface area contributed by atoms with Gasteiger partial charge >= 0.3 is 6.18 Å². The quantitative estimate of drug-likeness (QED) is 0.696. The van der Waals surface area contributed by atoms with Crippen molar-refractivity contribution < 1.29 is 17.6 Å². The van der Waals surface area contributed by atoms with Gasteiger partial charge in [0.1, 0.15) is 5.82 Å². The summed E-state index contributed by atoms with van der Waals surface area (Å²) in [6.45, 7) is 0. The van der Waals surface area contributed by atoms with Crippen LogP contribution in [0.3, 0.4) is 0 Å². The van der Waals surface area contributed by atoms with Crippen molar-refractivity contribution >= 4 is 0 Å². The van der Waals surface area contributed by atoms with Crippen LogP contribution in [0, 0.1) is 17.1 Å². The van der Waals surface area contributed by atoms with Crippen LogP contribution in [0.25, 0.3) is 0 Å². The van der Waals surface area contributed by atoms with Crippen molar-refractivity contribution in [2.24, 2.45) is 0 Å². The Morgan fingerprint density at radius 1 is 1.20 bits per heavy atom. The Balaban J connectivity index is 2.85. The molecule has 1 atom stereocenters. The van der Waals surface area contributed by atoms with Gasteiger partial charge in [-0.2, -0.15) is 18.4 Å². The second kappa shape index (κ2) is 4.30. The summed E-state index contributed by atoms with van der Waals surface area (Å²) in [6.07, 6.45) is -5.61. The number of nitriles is 1. The third-order valence-corrected chi connectivity index (χ3v) is 1.86. The topological polar surface area (TPSA) is 23.8 Å². The molecule has 0 aromatic heterocycles. The van der Waals surface area contributed by atoms with E-state index in [1.54, 1.807) is 6.07 Å². The highest BCUT2D eigenvalue weighted by molar-refractivity contribution is 5.25. The molecule has 0 bridgehead atoms. The fourth-order valence-corrected chi connectivity index (χ4v) is 1.16. The van der Waals surface area contributed by atoms with Gasteiger partial charge in [-0.3, -0.25) is 0 Å². The highest BCUT2D eigenvalue weighted by Crippen LogP contribution is 2.30. The summed E-state index contributed by atoms with van der Waals surface area (Å²) < 4.78 is 48.6. The lowest BCUT2D eigenvalue weighted by molar-refractivity contribution is -0.136. The van der Waals surface area contributed by atoms with Gasteiger partial charge in [-0.25, -0.2) is 4.39 Å². The number of hydrogen-bond acceptors (Lipinski definition) is 1. The summed E-state index contributed by atoms with van der Waals surface area (Å²) in [7, 11) is 0. The first-order chi connectivity index (χ1) is 6.92. The minimum atomic E-state index is -4.39. The van der Waals surface area contributed by atoms with E-state index < -0.39 is 24.3 Å². The number of halogens is 4. The summed E-state index contributed by atoms with van der Waals surface area (Å²) in [5.41, 5.74) is 0.177. The second-order valence-corrected chi connectivity index (χ2v) is 3.05. The summed E-state index contributed by atoms with van der Waals surface area (Å²) in [5, 5.41) is 8.57. The Morgan fingerprint density at radius 3 is 2.13 bits per heavy atom. The minimum absolute atomic E-state index is 0.177. The minimum Gasteiger partial charge on any atom is -0.207 e. The van der Waals surface area contributed by atoms with Gasteiger partial charge in [0.05, 0.1) is 18.4 Å². The van der Waals surface area contributed by atoms with Gasteiger partial charge in [0.25, 0.3) is 0 Å². The van der Waals surface area contributed by atoms with Gasteiger partial charge < -0.3 is 0 Å². The van der Waals surface area contributed by atoms with Crippen LogP contribution in [-0.2, 0) is 0 Å². The maximum Gasteiger partial charge on any atom is 0.390 e. The van der Waals surface area contributed by atoms with Gasteiger partial charge in [-0.15, -0.1) is 0 Å². The molecule has 0 aliphatic heterocycles. The van der Waals surface area contributed by atoms with E-state index in [0.29, 0.717) is 0 Å². The van der Waals surface area contributed by atoms with Crippen molar-refractivity contribution in [3.63, 3.8) is 0 Å². The Labute approximate surface area is 83.9 Å². The van der Waals surface area contributed by atoms with E-state index in [9.17, 15) is 17.6 Å². The molecule has 1 nitrogen and oxygen atoms in total. The smallest absolute Gasteiger partial charge is 0.207 e. The Hall–Kier alpha value is -1.57. The summed E-state index contributed by atoms with van der Waals surface area (Å²) in [5.74, 6) is -1.81. The number of rotatable bonds is 2. The molecule has 0 radical (unpaired) electrons. The van der Waals surface area contributed by atoms with Crippen molar-refractivity contribution in [3.8, 4) is 6.07 Å². The lowest BCUT2D eigenvalue weighted by Gasteiger charge is -2.11. The summed E-state index contributed by atoms with van der Waals surface area (Å²) in [4.78, 5) is 0. The average molecular weight is 217 g/mol. The average Bonchev–Trinajstić information content (AvgIpc) is 2.14. The van der Waals surface area contributed by atoms with Crippen LogP contribution in [0.15, 0.2) is 24.3 Å². The fourth-order valence-electron chi connectivity index (χ4n) is 1.16. The van der Waals surface area contributed by atoms with E-state index in [-0.39, 0.29) is 5.56 Å². The lowest BCUT2D eigenvalue weighted by atomic mass is 9.97. The first-order valence-electron chi connectivity index (χ1n) is 4.14. The van der Waals surface area contributed by atoms with Crippen LogP contribution >= 0.6 is 0 Å². The third-order valence-electron chi connectivity index (χ3n) is 1.86. The van der Waals surface area contributed by atoms with Crippen LogP contribution < -0.4 is 0 Å². The van der Waals surface area contributed by atoms with Crippen molar-refractivity contribution in [3.05, 3.63) is 35.6 Å². The van der Waals surface area contributed by atoms with Crippen LogP contribution in [0.5, 0.6) is 0 Å². The predicted octanol–water partition coefficient (Wildman–Crippen LogP) is 3.39. The molecular weight excluding hydrogens is 210 g/mol. The van der Waals surface area contributed by atoms with Gasteiger partial charge in [-0.05, 0) is 17.7 Å². The fraction of sp³-hybridized carbons (Fsp3) is 0.300. The van der Waals surface area contributed by atoms with Gasteiger partial charge in [-0.1, -0.05) is 12.1 Å². The molecule has 1 rings (SSSR count). The molecular formula is C10H7F4N. The number of nitrogens with zero attached hydrogens (tertiary/aromatic N) is 1. The monoisotopic (exact) mass is 217 g/mol. The Bertz CT molecular complexity index is 360. The SMILES string of the molecule is N#C[C@H](CC(F)(F)F)c1ccc(F)cc1. The van der Waals surface area contributed by atoms with Crippen LogP contribution in [0.2, 0.25) is 0 Å². The van der Waals surface area contributed by atoms with Gasteiger partial charge in [0.15, 0.2) is 0 Å². The zero-order valence-electron chi connectivity index (χ0n) is 7.55. The first kappa shape index (κ1) is 11.5. The predicted molar refractivity (Wildman–Crippen MR) is 45.4 cm³/mol. The van der Waals surface area contributed by atoms with Crippen LogP contribution in [0.1, 0.15) is 17.9 Å². The lowest BCUT2D eigenvalue weighted by Crippen LogP contribution is -2.12. The third kappa shape index (κ3) is 3.58. The molecule has 0 aliphatic rings. The highest BCUT2D eigenvalue weighted by atomic mass is 19.4. The molecule has 0 amide bonds. The summed E-state index contributed by atoms with van der Waals surface area (Å²) in [6, 6.07) is 6.01. The van der Waals surface area contributed by atoms with Crippen molar-refractivity contribution in [2.45, 2.75) is 18.5 Å². The zero-order valence-corrected chi connectivity index (χ0v) is 7.55. The Morgan fingerprint density at radius 2 is 1.73 bits per heavy atom. The van der Waals surface area contributed by atoms with Gasteiger partial charge in [0.2, 0.25) is 0 Å². The Kier molecular flexibility index (Phi) is 3.30. The molecule has 0 fully saturated rings. The van der Waals surface area contributed by atoms with Crippen molar-refractivity contribution in [2.75, 3.05) is 0 Å². The molecule has 1 aromatic carbocycles. The molecule has 15 heavy (non-hydrogen) atoms. The van der Waals surface area contributed by atoms with E-state index in [1.165, 1.54) is 12.1 Å². The van der Waals surface area contributed by atoms with Crippen molar-refractivity contribution in [1.29, 1.82) is 5.26 Å². The van der Waals surface area contributed by atoms with E-state index in [2.05, 4.69) is 0 Å². The van der Waals surface area contributed by atoms with Crippen LogP contribution in [0.4, 0.5) is 17.6 Å². The molecule has 0 saturated heterocycles. The standard InChI is InChI=1S/C10H7F4N/c11-9-3-1-7(2-4-9)8(6-15)5-10(12,13)14/h1-4,8H,5H2/t8-/m0/s1. The molecule has 1 aromatic rings. The van der Waals surface area contributed by atoms with E-state index >= 15 is 0 Å². The zero-order chi connectivity index (χ0) is 11.5. The van der Waals surface area contributed by atoms with E-state index in [0.717, 1.165) is 12.1 Å². The molecule has 0 aliphatic carbocycles. The molecule has 0 N–H and O–H groups in total. The first-order valence-corrected chi connectivity index (χ1v) is 4.14. The summed E-state index contributed by atoms with van der Waals surface area (Å²) >= 11 is 0. The molecule has 5 heteroatoms. The molecule has 0 heterocycles. The maximum atomic E-state index is 12.5. The largest absolute Gasteiger partial charge is 0.390 e. The molecule has 0 saturated carbocycles. The molecule has 80 valence electrons. The number of hydrogen-bond donors (Lipinski definition) is 0. The van der Waals surface area contributed by atoms with Gasteiger partial charge in [0, 0.05) is 0 Å². The molecule has 0 unspecified atom stereocenters. The second-order valence-electron chi connectivity index (χ2n) is 3.05. The number of alkyl halides is 3. The van der Waals surface area contributed by atoms with Crippen molar-refractivity contribution in [1.82, 2.24) is 0 Å².